The first-order chi connectivity index (χ1) is 37.1. The maximum atomic E-state index is 15.6. The van der Waals surface area contributed by atoms with Gasteiger partial charge in [-0.2, -0.15) is 0 Å². The minimum absolute atomic E-state index is 0.0108. The largest absolute Gasteiger partial charge is 0.459 e. The van der Waals surface area contributed by atoms with Gasteiger partial charge in [0.2, 0.25) is 0 Å². The minimum atomic E-state index is -2.56. The van der Waals surface area contributed by atoms with Gasteiger partial charge in [0.25, 0.3) is 0 Å². The lowest BCUT2D eigenvalue weighted by Crippen LogP contribution is -2.57. The molecule has 0 aromatic heterocycles. The van der Waals surface area contributed by atoms with Crippen molar-refractivity contribution < 1.29 is 46.3 Å². The van der Waals surface area contributed by atoms with Crippen LogP contribution < -0.4 is 0 Å². The van der Waals surface area contributed by atoms with Gasteiger partial charge in [-0.05, 0) is 136 Å². The van der Waals surface area contributed by atoms with E-state index in [1.165, 1.54) is 0 Å². The third kappa shape index (κ3) is 19.6. The Morgan fingerprint density at radius 2 is 1.04 bits per heavy atom. The molecular formula is C68H128O10Si4. The fraction of sp³-hybridized carbons (Fsp3) is 0.868. The highest BCUT2D eigenvalue weighted by molar-refractivity contribution is 6.75. The Morgan fingerprint density at radius 3 is 1.52 bits per heavy atom. The highest BCUT2D eigenvalue weighted by atomic mass is 28.4. The molecule has 14 heteroatoms. The van der Waals surface area contributed by atoms with Crippen LogP contribution in [-0.2, 0) is 46.3 Å². The number of fused-ring (bicyclic) bond motifs is 2. The second kappa shape index (κ2) is 28.9. The molecule has 0 N–H and O–H groups in total. The number of esters is 1. The Hall–Kier alpha value is -1.34. The molecule has 2 bridgehead atoms. The maximum absolute atomic E-state index is 15.6. The number of hydrogen-bond donors (Lipinski definition) is 0. The topological polar surface area (TPSA) is 116 Å². The molecule has 3 heterocycles. The summed E-state index contributed by atoms with van der Waals surface area (Å²) in [5.74, 6) is -3.37. The van der Waals surface area contributed by atoms with E-state index in [0.29, 0.717) is 18.3 Å². The van der Waals surface area contributed by atoms with Crippen LogP contribution in [-0.4, -0.2) is 99.3 Å². The van der Waals surface area contributed by atoms with Gasteiger partial charge in [0.1, 0.15) is 17.7 Å². The lowest BCUT2D eigenvalue weighted by Gasteiger charge is -2.52. The van der Waals surface area contributed by atoms with Gasteiger partial charge < -0.3 is 31.9 Å². The molecular weight excluding hydrogens is 1090 g/mol. The van der Waals surface area contributed by atoms with Crippen LogP contribution in [0.25, 0.3) is 0 Å². The molecule has 2 fully saturated rings. The molecule has 0 aromatic carbocycles. The van der Waals surface area contributed by atoms with Crippen LogP contribution in [0.5, 0.6) is 0 Å². The molecule has 2 saturated heterocycles. The Bertz CT molecular complexity index is 2160. The van der Waals surface area contributed by atoms with Gasteiger partial charge in [0, 0.05) is 60.5 Å². The molecule has 0 aromatic rings. The Labute approximate surface area is 508 Å². The monoisotopic (exact) mass is 1220 g/mol. The molecule has 0 saturated carbocycles. The summed E-state index contributed by atoms with van der Waals surface area (Å²) < 4.78 is 50.1. The minimum Gasteiger partial charge on any atom is -0.459 e. The van der Waals surface area contributed by atoms with Crippen LogP contribution >= 0.6 is 0 Å². The maximum Gasteiger partial charge on any atom is 0.330 e. The average molecular weight is 1220 g/mol. The Kier molecular flexibility index (Phi) is 26.4. The molecule has 3 aliphatic rings. The van der Waals surface area contributed by atoms with Crippen molar-refractivity contribution in [3.8, 4) is 0 Å². The van der Waals surface area contributed by atoms with E-state index in [9.17, 15) is 4.79 Å². The number of carbonyl (C=O) groups excluding carboxylic acids is 3. The number of ether oxygens (including phenoxy) is 3. The van der Waals surface area contributed by atoms with Crippen molar-refractivity contribution in [2.75, 3.05) is 0 Å². The summed E-state index contributed by atoms with van der Waals surface area (Å²) in [6, 6.07) is 0. The summed E-state index contributed by atoms with van der Waals surface area (Å²) in [7, 11) is -9.45. The van der Waals surface area contributed by atoms with Crippen LogP contribution in [0.3, 0.4) is 0 Å². The number of allylic oxidation sites excluding steroid dienone is 4. The summed E-state index contributed by atoms with van der Waals surface area (Å²) in [5.41, 5.74) is 0. The SMILES string of the molecule is CC[C@@H]1/C=C/C=C/C[C@H](C)[C@@H](O[Si](C)(C)C(C)(C)C)[C@@H](C)C(=O)[C@H](C)[C@@H](O[Si](C)(C)C(C)(C)C)[C@H](C)C(=O)[C@H](C)[C@@H](O[Si](C)(C)C(C)(C)C)[C@H](C)/C=C/C(=O)O[C@@H]2C[C@]3(CC[C@@H](C)[C@@H](C[C@H](C)O[Si](C)(C)C(C)(C)C)O3)O[C@H](CC1)[C@@H]2C. The molecule has 82 heavy (non-hydrogen) atoms. The lowest BCUT2D eigenvalue weighted by molar-refractivity contribution is -0.347. The van der Waals surface area contributed by atoms with Crippen LogP contribution in [0.2, 0.25) is 72.5 Å². The average Bonchev–Trinajstić information content (AvgIpc) is 3.33. The van der Waals surface area contributed by atoms with E-state index < -0.39 is 87.0 Å². The summed E-state index contributed by atoms with van der Waals surface area (Å²) in [5, 5.41) is -0.318. The van der Waals surface area contributed by atoms with Gasteiger partial charge in [-0.1, -0.05) is 176 Å². The fourth-order valence-electron chi connectivity index (χ4n) is 11.4. The highest BCUT2D eigenvalue weighted by Gasteiger charge is 2.53. The summed E-state index contributed by atoms with van der Waals surface area (Å²) in [6.07, 6.45) is 16.3. The highest BCUT2D eigenvalue weighted by Crippen LogP contribution is 2.48. The van der Waals surface area contributed by atoms with Crippen molar-refractivity contribution in [1.29, 1.82) is 0 Å². The van der Waals surface area contributed by atoms with Crippen molar-refractivity contribution in [2.24, 2.45) is 53.3 Å². The van der Waals surface area contributed by atoms with Gasteiger partial charge in [0.05, 0.1) is 30.5 Å². The first kappa shape index (κ1) is 74.9. The summed E-state index contributed by atoms with van der Waals surface area (Å²) in [4.78, 5) is 45.5. The van der Waals surface area contributed by atoms with E-state index in [0.717, 1.165) is 44.9 Å². The number of ketones is 2. The van der Waals surface area contributed by atoms with Crippen molar-refractivity contribution in [3.63, 3.8) is 0 Å². The van der Waals surface area contributed by atoms with Crippen molar-refractivity contribution in [3.05, 3.63) is 36.5 Å². The second-order valence-electron chi connectivity index (χ2n) is 32.7. The quantitative estimate of drug-likeness (QED) is 0.146. The first-order valence-electron chi connectivity index (χ1n) is 32.4. The first-order valence-corrected chi connectivity index (χ1v) is 44.1. The molecule has 17 atom stereocenters. The normalized spacial score (nSPS) is 35.7. The number of Topliss-reactive ketones (excluding diaryl/α,β-unsaturated/α-hetero) is 2. The zero-order chi connectivity index (χ0) is 63.3. The third-order valence-electron chi connectivity index (χ3n) is 21.7. The molecule has 0 amide bonds. The molecule has 476 valence electrons. The van der Waals surface area contributed by atoms with E-state index in [-0.39, 0.29) is 73.9 Å². The van der Waals surface area contributed by atoms with Gasteiger partial charge in [0.15, 0.2) is 39.1 Å². The molecule has 10 nitrogen and oxygen atoms in total. The van der Waals surface area contributed by atoms with E-state index in [1.54, 1.807) is 6.08 Å². The fourth-order valence-corrected chi connectivity index (χ4v) is 17.2. The smallest absolute Gasteiger partial charge is 0.330 e. The predicted molar refractivity (Wildman–Crippen MR) is 353 cm³/mol. The standard InChI is InChI=1S/C68H128O10Si4/c1-31-54-36-34-32-33-35-46(3)61(76-80(25,26)65(14,15)16)50(7)59(70)52(9)63(78-82(29,30)67(20,21)22)53(10)60(71)51(8)62(77-81(27,28)66(17,18)19)47(4)37-40-58(69)72-57-44-68(73-55(39-38-54)49(57)6)42-41-45(2)56(74-68)43-48(5)75-79(23,24)64(11,12)13/h32-34,36-37,40,45-57,61-63H,31,35,38-39,41-44H2,1-30H3/b33-32+,36-34+,40-37+/t45-,46+,47-,48+,49+,50+,51+,52+,53-,54-,55-,56-,57-,61-,62+,63-,68-/m1/s1. The molecule has 3 aliphatic heterocycles. The van der Waals surface area contributed by atoms with Gasteiger partial charge in [-0.25, -0.2) is 4.79 Å². The molecule has 0 unspecified atom stereocenters. The lowest BCUT2D eigenvalue weighted by atomic mass is 9.77. The zero-order valence-corrected chi connectivity index (χ0v) is 62.4. The zero-order valence-electron chi connectivity index (χ0n) is 58.4. The van der Waals surface area contributed by atoms with Crippen molar-refractivity contribution >= 4 is 50.8 Å². The van der Waals surface area contributed by atoms with E-state index >= 15 is 9.59 Å². The number of carbonyl (C=O) groups is 3. The molecule has 1 spiro atoms. The van der Waals surface area contributed by atoms with Crippen molar-refractivity contribution in [2.45, 2.75) is 325 Å². The van der Waals surface area contributed by atoms with E-state index in [4.69, 9.17) is 31.9 Å². The van der Waals surface area contributed by atoms with Gasteiger partial charge in [-0.15, -0.1) is 0 Å². The molecule has 3 rings (SSSR count). The Balaban J connectivity index is 2.27. The Morgan fingerprint density at radius 1 is 0.573 bits per heavy atom. The molecule has 0 aliphatic carbocycles. The van der Waals surface area contributed by atoms with Gasteiger partial charge in [-0.3, -0.25) is 9.59 Å². The van der Waals surface area contributed by atoms with Crippen LogP contribution in [0.4, 0.5) is 0 Å². The van der Waals surface area contributed by atoms with Gasteiger partial charge >= 0.3 is 5.97 Å². The van der Waals surface area contributed by atoms with Crippen LogP contribution in [0.1, 0.15) is 204 Å². The van der Waals surface area contributed by atoms with Crippen LogP contribution in [0.15, 0.2) is 36.5 Å². The van der Waals surface area contributed by atoms with E-state index in [2.05, 4.69) is 201 Å². The van der Waals surface area contributed by atoms with E-state index in [1.807, 2.05) is 33.8 Å². The second-order valence-corrected chi connectivity index (χ2v) is 51.7. The third-order valence-corrected chi connectivity index (χ3v) is 39.8. The number of hydrogen-bond acceptors (Lipinski definition) is 10. The van der Waals surface area contributed by atoms with Crippen molar-refractivity contribution in [1.82, 2.24) is 0 Å². The number of rotatable bonds is 11. The summed E-state index contributed by atoms with van der Waals surface area (Å²) in [6.45, 7) is 66.1. The molecule has 0 radical (unpaired) electrons. The predicted octanol–water partition coefficient (Wildman–Crippen LogP) is 18.6. The van der Waals surface area contributed by atoms with Crippen LogP contribution in [0, 0.1) is 53.3 Å². The summed E-state index contributed by atoms with van der Waals surface area (Å²) >= 11 is 0.